The Labute approximate surface area is 126 Å². The molecule has 0 aliphatic carbocycles. The first kappa shape index (κ1) is 18.7. The maximum absolute atomic E-state index is 12.3. The second-order valence-electron chi connectivity index (χ2n) is 7.36. The van der Waals surface area contributed by atoms with Gasteiger partial charge in [0.15, 0.2) is 0 Å². The van der Waals surface area contributed by atoms with Gasteiger partial charge in [0, 0.05) is 37.2 Å². The van der Waals surface area contributed by atoms with E-state index in [1.54, 1.807) is 11.9 Å². The minimum absolute atomic E-state index is 0.00497. The van der Waals surface area contributed by atoms with Gasteiger partial charge in [0.05, 0.1) is 13.0 Å². The van der Waals surface area contributed by atoms with Crippen LogP contribution in [0.15, 0.2) is 0 Å². The van der Waals surface area contributed by atoms with Crippen LogP contribution in [0.25, 0.3) is 0 Å². The Morgan fingerprint density at radius 2 is 1.90 bits per heavy atom. The summed E-state index contributed by atoms with van der Waals surface area (Å²) in [6.07, 6.45) is -2.88. The van der Waals surface area contributed by atoms with Crippen molar-refractivity contribution in [2.24, 2.45) is 5.41 Å². The predicted molar refractivity (Wildman–Crippen MR) is 78.4 cm³/mol. The molecule has 0 aromatic carbocycles. The molecule has 126 valence electrons. The number of nitrogens with zero attached hydrogens (tertiary/aromatic N) is 1. The molecule has 1 aliphatic heterocycles. The number of halogens is 3. The second kappa shape index (κ2) is 7.29. The highest BCUT2D eigenvalue weighted by Crippen LogP contribution is 2.30. The van der Waals surface area contributed by atoms with Gasteiger partial charge >= 0.3 is 6.18 Å². The summed E-state index contributed by atoms with van der Waals surface area (Å²) in [5.74, 6) is 0. The maximum atomic E-state index is 12.3. The van der Waals surface area contributed by atoms with Crippen LogP contribution in [0.5, 0.6) is 0 Å². The quantitative estimate of drug-likeness (QED) is 0.816. The van der Waals surface area contributed by atoms with Crippen molar-refractivity contribution in [1.29, 1.82) is 0 Å². The first-order chi connectivity index (χ1) is 9.52. The lowest BCUT2D eigenvalue weighted by atomic mass is 9.81. The Morgan fingerprint density at radius 1 is 1.24 bits per heavy atom. The summed E-state index contributed by atoms with van der Waals surface area (Å²) in [5, 5.41) is 3.48. The molecule has 3 nitrogen and oxygen atoms in total. The van der Waals surface area contributed by atoms with E-state index >= 15 is 0 Å². The van der Waals surface area contributed by atoms with Crippen molar-refractivity contribution in [3.05, 3.63) is 0 Å². The van der Waals surface area contributed by atoms with Crippen LogP contribution in [-0.4, -0.2) is 56.5 Å². The van der Waals surface area contributed by atoms with E-state index < -0.39 is 12.6 Å². The minimum Gasteiger partial charge on any atom is -0.381 e. The van der Waals surface area contributed by atoms with Crippen LogP contribution in [0.2, 0.25) is 0 Å². The Bertz CT molecular complexity index is 307. The van der Waals surface area contributed by atoms with Gasteiger partial charge < -0.3 is 15.0 Å². The molecule has 0 amide bonds. The normalized spacial score (nSPS) is 24.6. The molecule has 1 saturated heterocycles. The fourth-order valence-electron chi connectivity index (χ4n) is 2.65. The molecular weight excluding hydrogens is 281 g/mol. The highest BCUT2D eigenvalue weighted by molar-refractivity contribution is 4.89. The first-order valence-electron chi connectivity index (χ1n) is 7.60. The van der Waals surface area contributed by atoms with Gasteiger partial charge in [-0.25, -0.2) is 0 Å². The molecule has 0 bridgehead atoms. The van der Waals surface area contributed by atoms with Crippen molar-refractivity contribution in [3.63, 3.8) is 0 Å². The van der Waals surface area contributed by atoms with E-state index in [1.165, 1.54) is 0 Å². The summed E-state index contributed by atoms with van der Waals surface area (Å²) in [6.45, 7) is 9.10. The lowest BCUT2D eigenvalue weighted by Crippen LogP contribution is -2.52. The van der Waals surface area contributed by atoms with Crippen LogP contribution in [0.1, 0.15) is 40.0 Å². The number of ether oxygens (including phenoxy) is 1. The molecule has 1 aliphatic rings. The smallest absolute Gasteiger partial charge is 0.381 e. The number of hydrogen-bond donors (Lipinski definition) is 1. The summed E-state index contributed by atoms with van der Waals surface area (Å²) >= 11 is 0. The Balaban J connectivity index is 2.56. The van der Waals surface area contributed by atoms with Crippen molar-refractivity contribution < 1.29 is 17.9 Å². The van der Waals surface area contributed by atoms with E-state index in [0.717, 1.165) is 26.0 Å². The van der Waals surface area contributed by atoms with Crippen LogP contribution >= 0.6 is 0 Å². The van der Waals surface area contributed by atoms with E-state index in [9.17, 15) is 13.2 Å². The lowest BCUT2D eigenvalue weighted by molar-refractivity contribution is -0.138. The highest BCUT2D eigenvalue weighted by atomic mass is 19.4. The predicted octanol–water partition coefficient (Wildman–Crippen LogP) is 3.06. The van der Waals surface area contributed by atoms with Gasteiger partial charge in [0.25, 0.3) is 0 Å². The van der Waals surface area contributed by atoms with E-state index in [1.807, 2.05) is 0 Å². The largest absolute Gasteiger partial charge is 0.390 e. The van der Waals surface area contributed by atoms with Gasteiger partial charge in [-0.15, -0.1) is 0 Å². The molecule has 0 radical (unpaired) electrons. The summed E-state index contributed by atoms with van der Waals surface area (Å²) in [5.41, 5.74) is -0.0964. The van der Waals surface area contributed by atoms with Crippen molar-refractivity contribution in [1.82, 2.24) is 10.2 Å². The summed E-state index contributed by atoms with van der Waals surface area (Å²) in [7, 11) is 1.76. The average Bonchev–Trinajstić information content (AvgIpc) is 2.34. The number of nitrogens with one attached hydrogen (secondary N) is 1. The van der Waals surface area contributed by atoms with Gasteiger partial charge in [0.1, 0.15) is 0 Å². The molecule has 0 saturated carbocycles. The molecule has 1 rings (SSSR count). The summed E-state index contributed by atoms with van der Waals surface area (Å²) in [6, 6.07) is 0. The topological polar surface area (TPSA) is 24.5 Å². The van der Waals surface area contributed by atoms with E-state index in [-0.39, 0.29) is 17.5 Å². The fraction of sp³-hybridized carbons (Fsp3) is 1.00. The number of alkyl halides is 3. The summed E-state index contributed by atoms with van der Waals surface area (Å²) < 4.78 is 42.6. The molecule has 1 N–H and O–H groups in total. The van der Waals surface area contributed by atoms with Crippen molar-refractivity contribution in [3.8, 4) is 0 Å². The Morgan fingerprint density at radius 3 is 2.38 bits per heavy atom. The Hall–Kier alpha value is -0.330. The zero-order valence-electron chi connectivity index (χ0n) is 13.6. The van der Waals surface area contributed by atoms with Crippen molar-refractivity contribution in [2.75, 3.05) is 39.9 Å². The third kappa shape index (κ3) is 8.02. The minimum atomic E-state index is -4.09. The standard InChI is InChI=1S/C15H29F3N2O/c1-13(2,3)19-10-14(6-5-9-21-12-14)11-20(4)8-7-15(16,17)18/h19H,5-12H2,1-4H3. The monoisotopic (exact) mass is 310 g/mol. The molecule has 21 heavy (non-hydrogen) atoms. The van der Waals surface area contributed by atoms with Crippen LogP contribution in [0, 0.1) is 5.41 Å². The molecule has 0 aromatic heterocycles. The highest BCUT2D eigenvalue weighted by Gasteiger charge is 2.36. The first-order valence-corrected chi connectivity index (χ1v) is 7.60. The van der Waals surface area contributed by atoms with E-state index in [4.69, 9.17) is 4.74 Å². The average molecular weight is 310 g/mol. The third-order valence-corrected chi connectivity index (χ3v) is 3.78. The van der Waals surface area contributed by atoms with Crippen molar-refractivity contribution in [2.45, 2.75) is 51.7 Å². The van der Waals surface area contributed by atoms with Gasteiger partial charge in [-0.1, -0.05) is 0 Å². The summed E-state index contributed by atoms with van der Waals surface area (Å²) in [4.78, 5) is 1.78. The molecule has 1 fully saturated rings. The number of hydrogen-bond acceptors (Lipinski definition) is 3. The molecule has 0 aromatic rings. The van der Waals surface area contributed by atoms with Crippen LogP contribution < -0.4 is 5.32 Å². The van der Waals surface area contributed by atoms with Gasteiger partial charge in [0.2, 0.25) is 0 Å². The second-order valence-corrected chi connectivity index (χ2v) is 7.36. The van der Waals surface area contributed by atoms with E-state index in [0.29, 0.717) is 13.2 Å². The van der Waals surface area contributed by atoms with Crippen LogP contribution in [0.4, 0.5) is 13.2 Å². The van der Waals surface area contributed by atoms with Crippen LogP contribution in [-0.2, 0) is 4.74 Å². The lowest BCUT2D eigenvalue weighted by Gasteiger charge is -2.41. The molecule has 0 spiro atoms. The van der Waals surface area contributed by atoms with Gasteiger partial charge in [-0.2, -0.15) is 13.2 Å². The molecule has 1 atom stereocenters. The molecule has 1 heterocycles. The van der Waals surface area contributed by atoms with Crippen LogP contribution in [0.3, 0.4) is 0 Å². The zero-order chi connectivity index (χ0) is 16.1. The Kier molecular flexibility index (Phi) is 6.50. The molecule has 6 heteroatoms. The fourth-order valence-corrected chi connectivity index (χ4v) is 2.65. The molecular formula is C15H29F3N2O. The molecule has 1 unspecified atom stereocenters. The van der Waals surface area contributed by atoms with Crippen molar-refractivity contribution >= 4 is 0 Å². The maximum Gasteiger partial charge on any atom is 0.390 e. The zero-order valence-corrected chi connectivity index (χ0v) is 13.6. The van der Waals surface area contributed by atoms with Gasteiger partial charge in [-0.05, 0) is 40.7 Å². The van der Waals surface area contributed by atoms with E-state index in [2.05, 4.69) is 26.1 Å². The third-order valence-electron chi connectivity index (χ3n) is 3.78. The number of rotatable bonds is 6. The van der Waals surface area contributed by atoms with Gasteiger partial charge in [-0.3, -0.25) is 0 Å². The SMILES string of the molecule is CN(CCC(F)(F)F)CC1(CNC(C)(C)C)CCCOC1.